The molecule has 2 N–H and O–H groups in total. The minimum Gasteiger partial charge on any atom is -0.347 e. The molecule has 0 bridgehead atoms. The van der Waals surface area contributed by atoms with Crippen LogP contribution in [0.5, 0.6) is 0 Å². The maximum atomic E-state index is 13.3. The summed E-state index contributed by atoms with van der Waals surface area (Å²) in [6.45, 7) is 0.154. The van der Waals surface area contributed by atoms with E-state index in [0.29, 0.717) is 10.9 Å². The van der Waals surface area contributed by atoms with Crippen LogP contribution in [0.25, 0.3) is 10.9 Å². The van der Waals surface area contributed by atoms with Gasteiger partial charge in [-0.3, -0.25) is 19.1 Å². The second kappa shape index (κ2) is 7.66. The predicted molar refractivity (Wildman–Crippen MR) is 108 cm³/mol. The van der Waals surface area contributed by atoms with Crippen molar-refractivity contribution in [2.45, 2.75) is 44.2 Å². The molecule has 1 aromatic heterocycles. The van der Waals surface area contributed by atoms with Crippen LogP contribution in [0.1, 0.15) is 37.7 Å². The van der Waals surface area contributed by atoms with Crippen LogP contribution in [0.4, 0.5) is 4.39 Å². The van der Waals surface area contributed by atoms with E-state index in [1.807, 2.05) is 0 Å². The number of amides is 1. The minimum atomic E-state index is -0.532. The molecule has 0 saturated heterocycles. The molecule has 6 nitrogen and oxygen atoms in total. The lowest BCUT2D eigenvalue weighted by Crippen LogP contribution is -2.44. The van der Waals surface area contributed by atoms with Gasteiger partial charge in [0.1, 0.15) is 5.82 Å². The van der Waals surface area contributed by atoms with Gasteiger partial charge in [-0.05, 0) is 42.7 Å². The van der Waals surface area contributed by atoms with E-state index >= 15 is 0 Å². The highest BCUT2D eigenvalue weighted by Crippen LogP contribution is 2.38. The largest absolute Gasteiger partial charge is 0.347 e. The predicted octanol–water partition coefficient (Wildman–Crippen LogP) is 2.80. The number of benzene rings is 2. The van der Waals surface area contributed by atoms with E-state index in [1.165, 1.54) is 16.7 Å². The number of nitrogens with one attached hydrogen (secondary N) is 2. The van der Waals surface area contributed by atoms with Crippen molar-refractivity contribution in [1.82, 2.24) is 14.9 Å². The van der Waals surface area contributed by atoms with E-state index < -0.39 is 16.8 Å². The van der Waals surface area contributed by atoms with Gasteiger partial charge < -0.3 is 5.32 Å². The summed E-state index contributed by atoms with van der Waals surface area (Å²) >= 11 is 0. The summed E-state index contributed by atoms with van der Waals surface area (Å²) in [4.78, 5) is 39.3. The molecule has 29 heavy (non-hydrogen) atoms. The van der Waals surface area contributed by atoms with Crippen molar-refractivity contribution in [1.29, 1.82) is 0 Å². The van der Waals surface area contributed by atoms with Gasteiger partial charge in [0.05, 0.1) is 16.4 Å². The Morgan fingerprint density at radius 3 is 2.48 bits per heavy atom. The molecule has 0 radical (unpaired) electrons. The summed E-state index contributed by atoms with van der Waals surface area (Å²) in [5.74, 6) is -0.490. The number of rotatable bonds is 5. The van der Waals surface area contributed by atoms with Gasteiger partial charge >= 0.3 is 5.69 Å². The fourth-order valence-electron chi connectivity index (χ4n) is 4.24. The van der Waals surface area contributed by atoms with Crippen LogP contribution in [0.2, 0.25) is 0 Å². The first-order chi connectivity index (χ1) is 14.0. The van der Waals surface area contributed by atoms with Gasteiger partial charge in [0.15, 0.2) is 0 Å². The maximum Gasteiger partial charge on any atom is 0.328 e. The molecule has 2 aromatic carbocycles. The lowest BCUT2D eigenvalue weighted by atomic mass is 9.88. The standard InChI is InChI=1S/C22H22FN3O3/c23-16-9-7-15(8-10-16)22(12-3-4-13-22)25-19(27)11-14-26-18-6-2-1-5-17(18)20(28)24-21(26)29/h1-2,5-10H,3-4,11-14H2,(H,25,27)(H,24,28,29). The Balaban J connectivity index is 1.55. The molecule has 0 aliphatic heterocycles. The van der Waals surface area contributed by atoms with Crippen molar-refractivity contribution in [3.8, 4) is 0 Å². The van der Waals surface area contributed by atoms with E-state index in [9.17, 15) is 18.8 Å². The fourth-order valence-corrected chi connectivity index (χ4v) is 4.24. The summed E-state index contributed by atoms with van der Waals surface area (Å²) in [7, 11) is 0. The second-order valence-corrected chi connectivity index (χ2v) is 7.52. The van der Waals surface area contributed by atoms with Gasteiger partial charge in [-0.1, -0.05) is 37.1 Å². The molecule has 3 aromatic rings. The number of carbonyl (C=O) groups is 1. The number of aromatic amines is 1. The number of nitrogens with zero attached hydrogens (tertiary/aromatic N) is 1. The van der Waals surface area contributed by atoms with E-state index in [0.717, 1.165) is 31.2 Å². The molecular weight excluding hydrogens is 373 g/mol. The lowest BCUT2D eigenvalue weighted by molar-refractivity contribution is -0.123. The molecule has 1 saturated carbocycles. The Morgan fingerprint density at radius 1 is 1.07 bits per heavy atom. The highest BCUT2D eigenvalue weighted by atomic mass is 19.1. The SMILES string of the molecule is O=C(CCn1c(=O)[nH]c(=O)c2ccccc21)NC1(c2ccc(F)cc2)CCCC1. The average Bonchev–Trinajstić information content (AvgIpc) is 3.18. The molecule has 1 amide bonds. The fraction of sp³-hybridized carbons (Fsp3) is 0.318. The molecule has 0 unspecified atom stereocenters. The van der Waals surface area contributed by atoms with Gasteiger partial charge in [0.25, 0.3) is 5.56 Å². The molecule has 150 valence electrons. The van der Waals surface area contributed by atoms with Gasteiger partial charge in [-0.25, -0.2) is 9.18 Å². The number of halogens is 1. The van der Waals surface area contributed by atoms with Crippen molar-refractivity contribution in [2.75, 3.05) is 0 Å². The van der Waals surface area contributed by atoms with Gasteiger partial charge in [-0.15, -0.1) is 0 Å². The number of para-hydroxylation sites is 1. The highest BCUT2D eigenvalue weighted by Gasteiger charge is 2.36. The van der Waals surface area contributed by atoms with Crippen LogP contribution < -0.4 is 16.6 Å². The van der Waals surface area contributed by atoms with E-state index in [2.05, 4.69) is 10.3 Å². The topological polar surface area (TPSA) is 84.0 Å². The molecule has 4 rings (SSSR count). The molecule has 7 heteroatoms. The zero-order chi connectivity index (χ0) is 20.4. The third-order valence-corrected chi connectivity index (χ3v) is 5.70. The van der Waals surface area contributed by atoms with Crippen molar-refractivity contribution < 1.29 is 9.18 Å². The first kappa shape index (κ1) is 19.1. The number of fused-ring (bicyclic) bond motifs is 1. The van der Waals surface area contributed by atoms with E-state index in [4.69, 9.17) is 0 Å². The van der Waals surface area contributed by atoms with Gasteiger partial charge in [0.2, 0.25) is 5.91 Å². The van der Waals surface area contributed by atoms with Crippen molar-refractivity contribution in [2.24, 2.45) is 0 Å². The summed E-state index contributed by atoms with van der Waals surface area (Å²) in [6.07, 6.45) is 3.67. The Kier molecular flexibility index (Phi) is 5.05. The zero-order valence-electron chi connectivity index (χ0n) is 15.9. The Labute approximate surface area is 166 Å². The summed E-state index contributed by atoms with van der Waals surface area (Å²) in [5, 5.41) is 3.54. The number of aromatic nitrogens is 2. The first-order valence-corrected chi connectivity index (χ1v) is 9.77. The molecule has 1 heterocycles. The van der Waals surface area contributed by atoms with Crippen LogP contribution in [0.15, 0.2) is 58.1 Å². The van der Waals surface area contributed by atoms with E-state index in [1.54, 1.807) is 36.4 Å². The van der Waals surface area contributed by atoms with Crippen LogP contribution >= 0.6 is 0 Å². The number of aryl methyl sites for hydroxylation is 1. The van der Waals surface area contributed by atoms with Crippen LogP contribution in [-0.4, -0.2) is 15.5 Å². The normalized spacial score (nSPS) is 15.5. The Hall–Kier alpha value is -3.22. The van der Waals surface area contributed by atoms with Crippen molar-refractivity contribution in [3.63, 3.8) is 0 Å². The second-order valence-electron chi connectivity index (χ2n) is 7.52. The zero-order valence-corrected chi connectivity index (χ0v) is 15.9. The number of H-pyrrole nitrogens is 1. The first-order valence-electron chi connectivity index (χ1n) is 9.77. The molecule has 1 aliphatic carbocycles. The number of carbonyl (C=O) groups excluding carboxylic acids is 1. The summed E-state index contributed by atoms with van der Waals surface area (Å²) in [5.41, 5.74) is -0.0641. The Morgan fingerprint density at radius 2 is 1.76 bits per heavy atom. The highest BCUT2D eigenvalue weighted by molar-refractivity contribution is 5.79. The smallest absolute Gasteiger partial charge is 0.328 e. The maximum absolute atomic E-state index is 13.3. The lowest BCUT2D eigenvalue weighted by Gasteiger charge is -2.31. The van der Waals surface area contributed by atoms with Gasteiger partial charge in [0, 0.05) is 13.0 Å². The molecular formula is C22H22FN3O3. The molecule has 0 atom stereocenters. The van der Waals surface area contributed by atoms with E-state index in [-0.39, 0.29) is 24.7 Å². The average molecular weight is 395 g/mol. The quantitative estimate of drug-likeness (QED) is 0.697. The van der Waals surface area contributed by atoms with Gasteiger partial charge in [-0.2, -0.15) is 0 Å². The van der Waals surface area contributed by atoms with Crippen molar-refractivity contribution >= 4 is 16.8 Å². The third kappa shape index (κ3) is 3.72. The summed E-state index contributed by atoms with van der Waals surface area (Å²) in [6, 6.07) is 13.1. The van der Waals surface area contributed by atoms with Crippen LogP contribution in [0, 0.1) is 5.82 Å². The molecule has 0 spiro atoms. The third-order valence-electron chi connectivity index (χ3n) is 5.70. The number of hydrogen-bond acceptors (Lipinski definition) is 3. The minimum absolute atomic E-state index is 0.0961. The Bertz CT molecular complexity index is 1160. The molecule has 1 fully saturated rings. The summed E-state index contributed by atoms with van der Waals surface area (Å²) < 4.78 is 14.7. The number of hydrogen-bond donors (Lipinski definition) is 2. The van der Waals surface area contributed by atoms with Crippen LogP contribution in [0.3, 0.4) is 0 Å². The van der Waals surface area contributed by atoms with Crippen LogP contribution in [-0.2, 0) is 16.9 Å². The monoisotopic (exact) mass is 395 g/mol. The van der Waals surface area contributed by atoms with Crippen molar-refractivity contribution in [3.05, 3.63) is 80.7 Å². The molecule has 1 aliphatic rings.